The van der Waals surface area contributed by atoms with E-state index in [-0.39, 0.29) is 5.91 Å². The first-order valence-corrected chi connectivity index (χ1v) is 9.60. The lowest BCUT2D eigenvalue weighted by Gasteiger charge is -2.10. The van der Waals surface area contributed by atoms with Crippen LogP contribution in [0, 0.1) is 20.8 Å². The SMILES string of the molecule is Cc1cccc(-n2nc(-c3cccn3C)cc2C(=O)Nc2ccc(C)c(C)c2)c1. The minimum absolute atomic E-state index is 0.192. The van der Waals surface area contributed by atoms with Gasteiger partial charge >= 0.3 is 0 Å². The summed E-state index contributed by atoms with van der Waals surface area (Å²) in [5, 5.41) is 7.77. The quantitative estimate of drug-likeness (QED) is 0.535. The highest BCUT2D eigenvalue weighted by Gasteiger charge is 2.19. The number of aryl methyl sites for hydroxylation is 4. The molecule has 0 atom stereocenters. The summed E-state index contributed by atoms with van der Waals surface area (Å²) in [7, 11) is 1.97. The van der Waals surface area contributed by atoms with E-state index in [0.717, 1.165) is 33.9 Å². The number of hydrogen-bond donors (Lipinski definition) is 1. The molecule has 2 aromatic heterocycles. The lowest BCUT2D eigenvalue weighted by Crippen LogP contribution is -2.17. The third-order valence-electron chi connectivity index (χ3n) is 5.16. The summed E-state index contributed by atoms with van der Waals surface area (Å²) in [6, 6.07) is 19.7. The van der Waals surface area contributed by atoms with Crippen molar-refractivity contribution in [3.8, 4) is 17.1 Å². The van der Waals surface area contributed by atoms with Gasteiger partial charge in [-0.3, -0.25) is 4.79 Å². The number of anilines is 1. The second kappa shape index (κ2) is 7.43. The van der Waals surface area contributed by atoms with E-state index in [1.165, 1.54) is 5.56 Å². The molecule has 0 unspecified atom stereocenters. The smallest absolute Gasteiger partial charge is 0.274 e. The van der Waals surface area contributed by atoms with Crippen molar-refractivity contribution >= 4 is 11.6 Å². The van der Waals surface area contributed by atoms with E-state index >= 15 is 0 Å². The zero-order chi connectivity index (χ0) is 20.5. The average Bonchev–Trinajstić information content (AvgIpc) is 3.31. The first-order valence-electron chi connectivity index (χ1n) is 9.60. The summed E-state index contributed by atoms with van der Waals surface area (Å²) in [6.45, 7) is 6.12. The van der Waals surface area contributed by atoms with E-state index in [4.69, 9.17) is 5.10 Å². The zero-order valence-corrected chi connectivity index (χ0v) is 17.1. The van der Waals surface area contributed by atoms with Crippen molar-refractivity contribution in [1.29, 1.82) is 0 Å². The van der Waals surface area contributed by atoms with Crippen LogP contribution in [0.15, 0.2) is 66.9 Å². The van der Waals surface area contributed by atoms with Gasteiger partial charge in [0.15, 0.2) is 0 Å². The van der Waals surface area contributed by atoms with E-state index < -0.39 is 0 Å². The standard InChI is InChI=1S/C24H24N4O/c1-16-7-5-8-20(13-16)28-23(15-21(26-28)22-9-6-12-27(22)4)24(29)25-19-11-10-17(2)18(3)14-19/h5-15H,1-4H3,(H,25,29). The molecule has 146 valence electrons. The monoisotopic (exact) mass is 384 g/mol. The van der Waals surface area contributed by atoms with Gasteiger partial charge in [0, 0.05) is 18.9 Å². The van der Waals surface area contributed by atoms with E-state index in [1.54, 1.807) is 4.68 Å². The molecular weight excluding hydrogens is 360 g/mol. The van der Waals surface area contributed by atoms with Gasteiger partial charge in [0.25, 0.3) is 5.91 Å². The molecule has 0 saturated carbocycles. The van der Waals surface area contributed by atoms with Crippen LogP contribution in [0.3, 0.4) is 0 Å². The van der Waals surface area contributed by atoms with Gasteiger partial charge in [0.1, 0.15) is 11.4 Å². The number of aromatic nitrogens is 3. The molecule has 4 rings (SSSR count). The minimum atomic E-state index is -0.192. The van der Waals surface area contributed by atoms with Crippen LogP contribution in [0.2, 0.25) is 0 Å². The highest BCUT2D eigenvalue weighted by molar-refractivity contribution is 6.04. The molecule has 2 heterocycles. The van der Waals surface area contributed by atoms with Crippen LogP contribution < -0.4 is 5.32 Å². The summed E-state index contributed by atoms with van der Waals surface area (Å²) >= 11 is 0. The van der Waals surface area contributed by atoms with Crippen molar-refractivity contribution in [2.45, 2.75) is 20.8 Å². The molecular formula is C24H24N4O. The summed E-state index contributed by atoms with van der Waals surface area (Å²) < 4.78 is 3.71. The third-order valence-corrected chi connectivity index (χ3v) is 5.16. The average molecular weight is 384 g/mol. The van der Waals surface area contributed by atoms with Crippen LogP contribution in [0.1, 0.15) is 27.2 Å². The van der Waals surface area contributed by atoms with Gasteiger partial charge in [-0.2, -0.15) is 5.10 Å². The van der Waals surface area contributed by atoms with Gasteiger partial charge in [-0.1, -0.05) is 18.2 Å². The first-order chi connectivity index (χ1) is 13.9. The second-order valence-electron chi connectivity index (χ2n) is 7.42. The molecule has 5 nitrogen and oxygen atoms in total. The van der Waals surface area contributed by atoms with Crippen molar-refractivity contribution < 1.29 is 4.79 Å². The number of carbonyl (C=O) groups is 1. The minimum Gasteiger partial charge on any atom is -0.349 e. The van der Waals surface area contributed by atoms with Gasteiger partial charge in [-0.05, 0) is 79.9 Å². The van der Waals surface area contributed by atoms with Gasteiger partial charge in [0.2, 0.25) is 0 Å². The van der Waals surface area contributed by atoms with Crippen LogP contribution in [0.4, 0.5) is 5.69 Å². The number of benzene rings is 2. The Morgan fingerprint density at radius 3 is 2.45 bits per heavy atom. The molecule has 0 aliphatic heterocycles. The third kappa shape index (κ3) is 3.72. The van der Waals surface area contributed by atoms with Gasteiger partial charge in [-0.15, -0.1) is 0 Å². The van der Waals surface area contributed by atoms with Crippen molar-refractivity contribution in [2.24, 2.45) is 7.05 Å². The number of carbonyl (C=O) groups excluding carboxylic acids is 1. The van der Waals surface area contributed by atoms with E-state index in [2.05, 4.69) is 12.2 Å². The fraction of sp³-hybridized carbons (Fsp3) is 0.167. The Morgan fingerprint density at radius 1 is 0.931 bits per heavy atom. The molecule has 2 aromatic carbocycles. The summed E-state index contributed by atoms with van der Waals surface area (Å²) in [4.78, 5) is 13.2. The van der Waals surface area contributed by atoms with Crippen molar-refractivity contribution in [3.63, 3.8) is 0 Å². The topological polar surface area (TPSA) is 51.9 Å². The Hall–Kier alpha value is -3.60. The number of rotatable bonds is 4. The lowest BCUT2D eigenvalue weighted by molar-refractivity contribution is 0.101. The van der Waals surface area contributed by atoms with Crippen molar-refractivity contribution in [3.05, 3.63) is 89.2 Å². The zero-order valence-electron chi connectivity index (χ0n) is 17.1. The Labute approximate surface area is 170 Å². The second-order valence-corrected chi connectivity index (χ2v) is 7.42. The Morgan fingerprint density at radius 2 is 1.76 bits per heavy atom. The van der Waals surface area contributed by atoms with Crippen LogP contribution in [0.5, 0.6) is 0 Å². The molecule has 0 aliphatic carbocycles. The molecule has 0 spiro atoms. The summed E-state index contributed by atoms with van der Waals surface area (Å²) in [5.74, 6) is -0.192. The molecule has 0 saturated heterocycles. The van der Waals surface area contributed by atoms with Crippen LogP contribution in [-0.4, -0.2) is 20.3 Å². The Kier molecular flexibility index (Phi) is 4.80. The fourth-order valence-electron chi connectivity index (χ4n) is 3.37. The molecule has 1 N–H and O–H groups in total. The van der Waals surface area contributed by atoms with E-state index in [9.17, 15) is 4.79 Å². The maximum atomic E-state index is 13.2. The summed E-state index contributed by atoms with van der Waals surface area (Å²) in [6.07, 6.45) is 1.97. The number of amides is 1. The lowest BCUT2D eigenvalue weighted by atomic mass is 10.1. The first kappa shape index (κ1) is 18.7. The van der Waals surface area contributed by atoms with Crippen molar-refractivity contribution in [2.75, 3.05) is 5.32 Å². The normalized spacial score (nSPS) is 10.9. The van der Waals surface area contributed by atoms with Crippen LogP contribution >= 0.6 is 0 Å². The van der Waals surface area contributed by atoms with Crippen LogP contribution in [0.25, 0.3) is 17.1 Å². The molecule has 4 aromatic rings. The Bertz CT molecular complexity index is 1200. The highest BCUT2D eigenvalue weighted by atomic mass is 16.2. The Balaban J connectivity index is 1.78. The molecule has 29 heavy (non-hydrogen) atoms. The molecule has 1 amide bonds. The summed E-state index contributed by atoms with van der Waals surface area (Å²) in [5.41, 5.74) is 7.27. The van der Waals surface area contributed by atoms with E-state index in [0.29, 0.717) is 5.69 Å². The predicted octanol–water partition coefficient (Wildman–Crippen LogP) is 5.06. The predicted molar refractivity (Wildman–Crippen MR) is 117 cm³/mol. The molecule has 0 aliphatic rings. The molecule has 5 heteroatoms. The maximum Gasteiger partial charge on any atom is 0.274 e. The van der Waals surface area contributed by atoms with Gasteiger partial charge in [0.05, 0.1) is 11.4 Å². The molecule has 0 bridgehead atoms. The van der Waals surface area contributed by atoms with Crippen molar-refractivity contribution in [1.82, 2.24) is 14.3 Å². The number of nitrogens with one attached hydrogen (secondary N) is 1. The number of nitrogens with zero attached hydrogens (tertiary/aromatic N) is 3. The molecule has 0 radical (unpaired) electrons. The van der Waals surface area contributed by atoms with Crippen LogP contribution in [-0.2, 0) is 7.05 Å². The molecule has 0 fully saturated rings. The van der Waals surface area contributed by atoms with Gasteiger partial charge in [-0.25, -0.2) is 4.68 Å². The number of hydrogen-bond acceptors (Lipinski definition) is 2. The van der Waals surface area contributed by atoms with E-state index in [1.807, 2.05) is 92.3 Å². The maximum absolute atomic E-state index is 13.2. The fourth-order valence-corrected chi connectivity index (χ4v) is 3.37. The largest absolute Gasteiger partial charge is 0.349 e. The van der Waals surface area contributed by atoms with Gasteiger partial charge < -0.3 is 9.88 Å². The highest BCUT2D eigenvalue weighted by Crippen LogP contribution is 2.23.